The number of benzene rings is 2. The van der Waals surface area contributed by atoms with Crippen molar-refractivity contribution in [3.63, 3.8) is 0 Å². The smallest absolute Gasteiger partial charge is 0.291 e. The lowest BCUT2D eigenvalue weighted by atomic mass is 10.1. The van der Waals surface area contributed by atoms with Gasteiger partial charge in [0.25, 0.3) is 11.8 Å². The second-order valence-corrected chi connectivity index (χ2v) is 7.51. The maximum atomic E-state index is 13.4. The lowest BCUT2D eigenvalue weighted by molar-refractivity contribution is 0.0654. The molecule has 0 aliphatic heterocycles. The van der Waals surface area contributed by atoms with Crippen molar-refractivity contribution >= 4 is 17.5 Å². The Bertz CT molecular complexity index is 978. The molecular weight excluding hydrogens is 364 g/mol. The molecule has 4 rings (SSSR count). The minimum atomic E-state index is -0.341. The lowest BCUT2D eigenvalue weighted by Gasteiger charge is -2.30. The van der Waals surface area contributed by atoms with Gasteiger partial charge in [0.05, 0.1) is 6.26 Å². The van der Waals surface area contributed by atoms with Crippen molar-refractivity contribution in [1.82, 2.24) is 4.90 Å². The minimum absolute atomic E-state index is 0.0256. The summed E-state index contributed by atoms with van der Waals surface area (Å²) in [5.41, 5.74) is 2.23. The highest BCUT2D eigenvalue weighted by molar-refractivity contribution is 6.03. The molecule has 29 heavy (non-hydrogen) atoms. The molecule has 1 aliphatic rings. The van der Waals surface area contributed by atoms with Crippen molar-refractivity contribution in [2.75, 3.05) is 5.32 Å². The molecule has 0 radical (unpaired) electrons. The Morgan fingerprint density at radius 2 is 1.86 bits per heavy atom. The van der Waals surface area contributed by atoms with E-state index < -0.39 is 0 Å². The van der Waals surface area contributed by atoms with Crippen LogP contribution in [0.15, 0.2) is 77.4 Å². The summed E-state index contributed by atoms with van der Waals surface area (Å²) in [4.78, 5) is 27.6. The summed E-state index contributed by atoms with van der Waals surface area (Å²) in [6.07, 6.45) is 3.79. The number of amides is 2. The van der Waals surface area contributed by atoms with Gasteiger partial charge in [0, 0.05) is 23.8 Å². The van der Waals surface area contributed by atoms with E-state index in [0.29, 0.717) is 23.7 Å². The molecule has 1 aliphatic carbocycles. The molecular formula is C24H24N2O3. The molecule has 5 nitrogen and oxygen atoms in total. The molecule has 1 fully saturated rings. The quantitative estimate of drug-likeness (QED) is 0.621. The largest absolute Gasteiger partial charge is 0.459 e. The third kappa shape index (κ3) is 4.57. The monoisotopic (exact) mass is 388 g/mol. The first-order valence-electron chi connectivity index (χ1n) is 9.91. The third-order valence-corrected chi connectivity index (χ3v) is 5.36. The second kappa shape index (κ2) is 8.35. The summed E-state index contributed by atoms with van der Waals surface area (Å²) in [6, 6.07) is 20.5. The summed E-state index contributed by atoms with van der Waals surface area (Å²) in [5.74, 6) is 0.425. The molecule has 3 aromatic rings. The summed E-state index contributed by atoms with van der Waals surface area (Å²) in [5, 5.41) is 2.79. The number of anilines is 1. The van der Waals surface area contributed by atoms with Crippen LogP contribution in [0.4, 0.5) is 5.69 Å². The van der Waals surface area contributed by atoms with Gasteiger partial charge >= 0.3 is 0 Å². The van der Waals surface area contributed by atoms with Crippen LogP contribution in [0.1, 0.15) is 46.2 Å². The number of carbonyl (C=O) groups is 2. The van der Waals surface area contributed by atoms with Gasteiger partial charge in [-0.05, 0) is 61.6 Å². The molecule has 0 bridgehead atoms. The Kier molecular flexibility index (Phi) is 5.47. The van der Waals surface area contributed by atoms with Gasteiger partial charge in [-0.1, -0.05) is 36.4 Å². The van der Waals surface area contributed by atoms with E-state index in [1.54, 1.807) is 36.4 Å². The van der Waals surface area contributed by atoms with E-state index in [1.807, 2.05) is 35.2 Å². The van der Waals surface area contributed by atoms with Crippen LogP contribution in [-0.2, 0) is 6.54 Å². The zero-order chi connectivity index (χ0) is 20.2. The van der Waals surface area contributed by atoms with Gasteiger partial charge in [0.1, 0.15) is 0 Å². The third-order valence-electron chi connectivity index (χ3n) is 5.36. The van der Waals surface area contributed by atoms with Crippen molar-refractivity contribution in [2.24, 2.45) is 5.92 Å². The number of nitrogens with one attached hydrogen (secondary N) is 1. The fourth-order valence-electron chi connectivity index (χ4n) is 3.51. The Morgan fingerprint density at radius 1 is 1.07 bits per heavy atom. The number of furan rings is 1. The van der Waals surface area contributed by atoms with Gasteiger partial charge < -0.3 is 14.6 Å². The van der Waals surface area contributed by atoms with E-state index in [-0.39, 0.29) is 23.6 Å². The topological polar surface area (TPSA) is 62.6 Å². The van der Waals surface area contributed by atoms with E-state index in [1.165, 1.54) is 19.1 Å². The Labute approximate surface area is 170 Å². The molecule has 2 amide bonds. The van der Waals surface area contributed by atoms with E-state index in [2.05, 4.69) is 12.2 Å². The highest BCUT2D eigenvalue weighted by Gasteiger charge is 2.34. The molecule has 148 valence electrons. The maximum Gasteiger partial charge on any atom is 0.291 e. The van der Waals surface area contributed by atoms with E-state index >= 15 is 0 Å². The van der Waals surface area contributed by atoms with Crippen LogP contribution >= 0.6 is 0 Å². The van der Waals surface area contributed by atoms with Crippen LogP contribution in [0.25, 0.3) is 0 Å². The predicted octanol–water partition coefficient (Wildman–Crippen LogP) is 4.97. The highest BCUT2D eigenvalue weighted by atomic mass is 16.3. The van der Waals surface area contributed by atoms with Crippen LogP contribution in [0.5, 0.6) is 0 Å². The first kappa shape index (κ1) is 19.0. The first-order valence-corrected chi connectivity index (χ1v) is 9.91. The summed E-state index contributed by atoms with van der Waals surface area (Å²) >= 11 is 0. The SMILES string of the molecule is CC(C1CC1)N(Cc1ccccc1)C(=O)c1cccc(NC(=O)c2ccco2)c1. The van der Waals surface area contributed by atoms with Crippen molar-refractivity contribution < 1.29 is 14.0 Å². The van der Waals surface area contributed by atoms with Crippen molar-refractivity contribution in [1.29, 1.82) is 0 Å². The van der Waals surface area contributed by atoms with Gasteiger partial charge in [-0.25, -0.2) is 0 Å². The number of hydrogen-bond donors (Lipinski definition) is 1. The molecule has 1 unspecified atom stereocenters. The van der Waals surface area contributed by atoms with Gasteiger partial charge in [-0.2, -0.15) is 0 Å². The summed E-state index contributed by atoms with van der Waals surface area (Å²) < 4.78 is 5.13. The number of hydrogen-bond acceptors (Lipinski definition) is 3. The van der Waals surface area contributed by atoms with Crippen LogP contribution in [0.3, 0.4) is 0 Å². The Balaban J connectivity index is 1.54. The van der Waals surface area contributed by atoms with Crippen LogP contribution in [0, 0.1) is 5.92 Å². The Morgan fingerprint density at radius 3 is 2.55 bits per heavy atom. The molecule has 0 spiro atoms. The molecule has 1 N–H and O–H groups in total. The summed E-state index contributed by atoms with van der Waals surface area (Å²) in [6.45, 7) is 2.70. The average molecular weight is 388 g/mol. The summed E-state index contributed by atoms with van der Waals surface area (Å²) in [7, 11) is 0. The normalized spacial score (nSPS) is 14.2. The fourth-order valence-corrected chi connectivity index (χ4v) is 3.51. The predicted molar refractivity (Wildman–Crippen MR) is 112 cm³/mol. The molecule has 1 saturated carbocycles. The van der Waals surface area contributed by atoms with Gasteiger partial charge in [0.15, 0.2) is 5.76 Å². The zero-order valence-corrected chi connectivity index (χ0v) is 16.4. The molecule has 1 heterocycles. The van der Waals surface area contributed by atoms with Crippen LogP contribution < -0.4 is 5.32 Å². The first-order chi connectivity index (χ1) is 14.1. The molecule has 2 aromatic carbocycles. The van der Waals surface area contributed by atoms with E-state index in [4.69, 9.17) is 4.42 Å². The fraction of sp³-hybridized carbons (Fsp3) is 0.250. The minimum Gasteiger partial charge on any atom is -0.459 e. The number of rotatable bonds is 7. The maximum absolute atomic E-state index is 13.4. The van der Waals surface area contributed by atoms with E-state index in [0.717, 1.165) is 5.56 Å². The highest BCUT2D eigenvalue weighted by Crippen LogP contribution is 2.36. The molecule has 1 atom stereocenters. The standard InChI is InChI=1S/C24H24N2O3/c1-17(19-12-13-19)26(16-18-7-3-2-4-8-18)24(28)20-9-5-10-21(15-20)25-23(27)22-11-6-14-29-22/h2-11,14-15,17,19H,12-13,16H2,1H3,(H,25,27). The molecule has 5 heteroatoms. The lowest BCUT2D eigenvalue weighted by Crippen LogP contribution is -2.39. The average Bonchev–Trinajstić information content (AvgIpc) is 3.45. The van der Waals surface area contributed by atoms with Crippen molar-refractivity contribution in [2.45, 2.75) is 32.4 Å². The van der Waals surface area contributed by atoms with Crippen LogP contribution in [-0.4, -0.2) is 22.8 Å². The number of carbonyl (C=O) groups excluding carboxylic acids is 2. The van der Waals surface area contributed by atoms with E-state index in [9.17, 15) is 9.59 Å². The van der Waals surface area contributed by atoms with Gasteiger partial charge in [-0.3, -0.25) is 9.59 Å². The molecule has 1 aromatic heterocycles. The molecule has 0 saturated heterocycles. The van der Waals surface area contributed by atoms with Crippen molar-refractivity contribution in [3.8, 4) is 0 Å². The second-order valence-electron chi connectivity index (χ2n) is 7.51. The van der Waals surface area contributed by atoms with Crippen LogP contribution in [0.2, 0.25) is 0 Å². The zero-order valence-electron chi connectivity index (χ0n) is 16.4. The van der Waals surface area contributed by atoms with Crippen molar-refractivity contribution in [3.05, 3.63) is 89.9 Å². The Hall–Kier alpha value is -3.34. The number of nitrogens with zero attached hydrogens (tertiary/aromatic N) is 1. The van der Waals surface area contributed by atoms with Gasteiger partial charge in [0.2, 0.25) is 0 Å². The van der Waals surface area contributed by atoms with Gasteiger partial charge in [-0.15, -0.1) is 0 Å².